The third-order valence-corrected chi connectivity index (χ3v) is 3.56. The molecule has 2 rings (SSSR count). The molecule has 2 amide bonds. The number of hydrogen-bond acceptors (Lipinski definition) is 5. The van der Waals surface area contributed by atoms with Crippen molar-refractivity contribution in [1.82, 2.24) is 10.6 Å². The highest BCUT2D eigenvalue weighted by atomic mass is 16.6. The van der Waals surface area contributed by atoms with Gasteiger partial charge >= 0.3 is 0 Å². The predicted octanol–water partition coefficient (Wildman–Crippen LogP) is 2.40. The molecule has 0 aliphatic heterocycles. The Morgan fingerprint density at radius 1 is 1.24 bits per heavy atom. The van der Waals surface area contributed by atoms with Crippen molar-refractivity contribution in [3.8, 4) is 0 Å². The van der Waals surface area contributed by atoms with E-state index >= 15 is 0 Å². The van der Waals surface area contributed by atoms with E-state index in [-0.39, 0.29) is 23.7 Å². The molecule has 132 valence electrons. The summed E-state index contributed by atoms with van der Waals surface area (Å²) in [4.78, 5) is 34.7. The fraction of sp³-hybridized carbons (Fsp3) is 0.294. The number of carbonyl (C=O) groups is 2. The van der Waals surface area contributed by atoms with E-state index in [0.29, 0.717) is 18.6 Å². The predicted molar refractivity (Wildman–Crippen MR) is 89.8 cm³/mol. The van der Waals surface area contributed by atoms with E-state index < -0.39 is 16.9 Å². The van der Waals surface area contributed by atoms with Gasteiger partial charge in [-0.05, 0) is 30.7 Å². The monoisotopic (exact) mass is 345 g/mol. The van der Waals surface area contributed by atoms with Gasteiger partial charge in [-0.1, -0.05) is 13.3 Å². The Balaban J connectivity index is 1.97. The standard InChI is InChI=1S/C17H19N3O5/c1-2-4-15(17(22)18-11-14-5-3-10-25-14)19-16(21)12-6-8-13(9-7-12)20(23)24/h3,5-10,15H,2,4,11H2,1H3,(H,18,22)(H,19,21). The van der Waals surface area contributed by atoms with Crippen molar-refractivity contribution in [3.63, 3.8) is 0 Å². The van der Waals surface area contributed by atoms with Crippen molar-refractivity contribution < 1.29 is 18.9 Å². The van der Waals surface area contributed by atoms with E-state index in [1.54, 1.807) is 12.1 Å². The van der Waals surface area contributed by atoms with Crippen LogP contribution >= 0.6 is 0 Å². The van der Waals surface area contributed by atoms with Crippen LogP contribution in [0.15, 0.2) is 47.1 Å². The van der Waals surface area contributed by atoms with Crippen LogP contribution < -0.4 is 10.6 Å². The Morgan fingerprint density at radius 3 is 2.52 bits per heavy atom. The summed E-state index contributed by atoms with van der Waals surface area (Å²) < 4.78 is 5.15. The average molecular weight is 345 g/mol. The molecule has 2 aromatic rings. The molecule has 8 nitrogen and oxygen atoms in total. The Morgan fingerprint density at radius 2 is 1.96 bits per heavy atom. The number of amides is 2. The number of carbonyl (C=O) groups excluding carboxylic acids is 2. The van der Waals surface area contributed by atoms with Crippen LogP contribution in [0.5, 0.6) is 0 Å². The first-order valence-corrected chi connectivity index (χ1v) is 7.86. The van der Waals surface area contributed by atoms with Crippen molar-refractivity contribution in [3.05, 3.63) is 64.1 Å². The largest absolute Gasteiger partial charge is 0.467 e. The van der Waals surface area contributed by atoms with E-state index in [1.807, 2.05) is 6.92 Å². The molecule has 0 bridgehead atoms. The third kappa shape index (κ3) is 5.17. The molecule has 1 unspecified atom stereocenters. The number of rotatable bonds is 8. The fourth-order valence-electron chi connectivity index (χ4n) is 2.24. The van der Waals surface area contributed by atoms with Gasteiger partial charge < -0.3 is 15.1 Å². The number of nitro groups is 1. The van der Waals surface area contributed by atoms with E-state index in [9.17, 15) is 19.7 Å². The van der Waals surface area contributed by atoms with Gasteiger partial charge in [0, 0.05) is 17.7 Å². The molecule has 0 aliphatic rings. The molecule has 25 heavy (non-hydrogen) atoms. The fourth-order valence-corrected chi connectivity index (χ4v) is 2.24. The molecule has 1 heterocycles. The summed E-state index contributed by atoms with van der Waals surface area (Å²) in [5, 5.41) is 16.0. The molecule has 1 atom stereocenters. The number of nitrogens with one attached hydrogen (secondary N) is 2. The van der Waals surface area contributed by atoms with E-state index in [1.165, 1.54) is 30.5 Å². The third-order valence-electron chi connectivity index (χ3n) is 3.56. The first-order chi connectivity index (χ1) is 12.0. The molecular weight excluding hydrogens is 326 g/mol. The van der Waals surface area contributed by atoms with Crippen molar-refractivity contribution in [2.24, 2.45) is 0 Å². The normalized spacial score (nSPS) is 11.6. The topological polar surface area (TPSA) is 114 Å². The van der Waals surface area contributed by atoms with Crippen LogP contribution in [0.4, 0.5) is 5.69 Å². The first-order valence-electron chi connectivity index (χ1n) is 7.86. The lowest BCUT2D eigenvalue weighted by molar-refractivity contribution is -0.384. The zero-order valence-corrected chi connectivity index (χ0v) is 13.7. The zero-order valence-electron chi connectivity index (χ0n) is 13.7. The maximum atomic E-state index is 12.3. The lowest BCUT2D eigenvalue weighted by Crippen LogP contribution is -2.46. The van der Waals surface area contributed by atoms with E-state index in [4.69, 9.17) is 4.42 Å². The molecule has 2 N–H and O–H groups in total. The number of furan rings is 1. The summed E-state index contributed by atoms with van der Waals surface area (Å²) >= 11 is 0. The van der Waals surface area contributed by atoms with Gasteiger partial charge in [0.25, 0.3) is 11.6 Å². The van der Waals surface area contributed by atoms with Crippen molar-refractivity contribution in [2.75, 3.05) is 0 Å². The lowest BCUT2D eigenvalue weighted by atomic mass is 10.1. The van der Waals surface area contributed by atoms with Gasteiger partial charge in [0.2, 0.25) is 5.91 Å². The van der Waals surface area contributed by atoms with E-state index in [0.717, 1.165) is 0 Å². The second kappa shape index (κ2) is 8.62. The van der Waals surface area contributed by atoms with Gasteiger partial charge in [0.05, 0.1) is 17.7 Å². The summed E-state index contributed by atoms with van der Waals surface area (Å²) in [6, 6.07) is 7.99. The Bertz CT molecular complexity index is 725. The lowest BCUT2D eigenvalue weighted by Gasteiger charge is -2.17. The van der Waals surface area contributed by atoms with Gasteiger partial charge in [-0.25, -0.2) is 0 Å². The quantitative estimate of drug-likeness (QED) is 0.563. The van der Waals surface area contributed by atoms with Crippen LogP contribution in [-0.2, 0) is 11.3 Å². The van der Waals surface area contributed by atoms with Crippen molar-refractivity contribution in [1.29, 1.82) is 0 Å². The van der Waals surface area contributed by atoms with Gasteiger partial charge in [-0.2, -0.15) is 0 Å². The summed E-state index contributed by atoms with van der Waals surface area (Å²) in [5.74, 6) is -0.152. The van der Waals surface area contributed by atoms with Crippen LogP contribution in [0.3, 0.4) is 0 Å². The second-order valence-electron chi connectivity index (χ2n) is 5.42. The molecular formula is C17H19N3O5. The molecule has 0 saturated carbocycles. The van der Waals surface area contributed by atoms with Crippen LogP contribution in [0.25, 0.3) is 0 Å². The second-order valence-corrected chi connectivity index (χ2v) is 5.42. The number of nitro benzene ring substituents is 1. The molecule has 0 saturated heterocycles. The highest BCUT2D eigenvalue weighted by molar-refractivity contribution is 5.97. The van der Waals surface area contributed by atoms with Gasteiger partial charge in [0.15, 0.2) is 0 Å². The van der Waals surface area contributed by atoms with Gasteiger partial charge in [-0.15, -0.1) is 0 Å². The summed E-state index contributed by atoms with van der Waals surface area (Å²) in [7, 11) is 0. The summed E-state index contributed by atoms with van der Waals surface area (Å²) in [5.41, 5.74) is 0.156. The minimum Gasteiger partial charge on any atom is -0.467 e. The number of non-ortho nitro benzene ring substituents is 1. The maximum Gasteiger partial charge on any atom is 0.269 e. The van der Waals surface area contributed by atoms with Crippen molar-refractivity contribution >= 4 is 17.5 Å². The van der Waals surface area contributed by atoms with E-state index in [2.05, 4.69) is 10.6 Å². The SMILES string of the molecule is CCCC(NC(=O)c1ccc([N+](=O)[O-])cc1)C(=O)NCc1ccco1. The molecule has 0 radical (unpaired) electrons. The minimum absolute atomic E-state index is 0.0992. The van der Waals surface area contributed by atoms with Gasteiger partial charge in [0.1, 0.15) is 11.8 Å². The number of nitrogens with zero attached hydrogens (tertiary/aromatic N) is 1. The first kappa shape index (κ1) is 18.2. The van der Waals surface area contributed by atoms with Crippen molar-refractivity contribution in [2.45, 2.75) is 32.4 Å². The minimum atomic E-state index is -0.692. The number of benzene rings is 1. The van der Waals surface area contributed by atoms with Crippen LogP contribution in [-0.4, -0.2) is 22.8 Å². The highest BCUT2D eigenvalue weighted by Crippen LogP contribution is 2.12. The zero-order chi connectivity index (χ0) is 18.2. The molecule has 0 aliphatic carbocycles. The molecule has 1 aromatic heterocycles. The van der Waals surface area contributed by atoms with Crippen LogP contribution in [0.1, 0.15) is 35.9 Å². The van der Waals surface area contributed by atoms with Gasteiger partial charge in [-0.3, -0.25) is 19.7 Å². The summed E-state index contributed by atoms with van der Waals surface area (Å²) in [6.45, 7) is 2.14. The Labute approximate surface area is 144 Å². The highest BCUT2D eigenvalue weighted by Gasteiger charge is 2.21. The molecule has 0 fully saturated rings. The molecule has 1 aromatic carbocycles. The Hall–Kier alpha value is -3.16. The smallest absolute Gasteiger partial charge is 0.269 e. The average Bonchev–Trinajstić information content (AvgIpc) is 3.12. The maximum absolute atomic E-state index is 12.3. The molecule has 8 heteroatoms. The summed E-state index contributed by atoms with van der Waals surface area (Å²) in [6.07, 6.45) is 2.70. The molecule has 0 spiro atoms. The number of hydrogen-bond donors (Lipinski definition) is 2. The van der Waals surface area contributed by atoms with Crippen LogP contribution in [0, 0.1) is 10.1 Å². The van der Waals surface area contributed by atoms with Crippen LogP contribution in [0.2, 0.25) is 0 Å². The Kier molecular flexibility index (Phi) is 6.27.